The number of carbonyl (C=O) groups is 1. The molecule has 1 aromatic carbocycles. The predicted molar refractivity (Wildman–Crippen MR) is 137 cm³/mol. The molecule has 40 heavy (non-hydrogen) atoms. The van der Waals surface area contributed by atoms with Gasteiger partial charge in [0.05, 0.1) is 18.8 Å². The number of hydrogen-bond acceptors (Lipinski definition) is 13. The van der Waals surface area contributed by atoms with E-state index in [0.717, 1.165) is 0 Å². The number of phenols is 1. The van der Waals surface area contributed by atoms with Crippen LogP contribution in [0.4, 0.5) is 0 Å². The molecule has 2 heterocycles. The number of aliphatic hydroxyl groups excluding tert-OH is 4. The second-order valence-corrected chi connectivity index (χ2v) is 10.2. The molecule has 2 aliphatic rings. The van der Waals surface area contributed by atoms with Crippen molar-refractivity contribution >= 4 is 5.97 Å². The molecule has 0 aromatic heterocycles. The summed E-state index contributed by atoms with van der Waals surface area (Å²) in [4.78, 5) is 12.4. The quantitative estimate of drug-likeness (QED) is 0.0940. The second-order valence-electron chi connectivity index (χ2n) is 10.2. The highest BCUT2D eigenvalue weighted by molar-refractivity contribution is 5.87. The molecule has 0 amide bonds. The number of rotatable bonds is 12. The fraction of sp³-hybridized carbons (Fsp3) is 0.593. The summed E-state index contributed by atoms with van der Waals surface area (Å²) in [5, 5.41) is 71.7. The van der Waals surface area contributed by atoms with Crippen molar-refractivity contribution in [2.24, 2.45) is 0 Å². The SMILES string of the molecule is C=CC(C)(O)CC/C=C(\C)C(=O)OC[C@@]1(O)CO[C@@H](O[C@H]2[C@H](Oc3ccc(O)cc3)O[C@H](CO)[C@@H](O)[C@@H]2O)[C@@H]1O. The molecular formula is C27H38O13. The molecule has 2 saturated heterocycles. The summed E-state index contributed by atoms with van der Waals surface area (Å²) in [6.45, 7) is 4.85. The molecule has 1 aromatic rings. The Morgan fingerprint density at radius 1 is 1.20 bits per heavy atom. The highest BCUT2D eigenvalue weighted by atomic mass is 16.8. The van der Waals surface area contributed by atoms with Gasteiger partial charge in [0, 0.05) is 5.57 Å². The van der Waals surface area contributed by atoms with Crippen molar-refractivity contribution in [2.45, 2.75) is 81.0 Å². The number of aliphatic hydroxyl groups is 6. The largest absolute Gasteiger partial charge is 0.508 e. The van der Waals surface area contributed by atoms with Crippen LogP contribution in [-0.4, -0.2) is 116 Å². The highest BCUT2D eigenvalue weighted by Gasteiger charge is 2.54. The number of phenolic OH excluding ortho intramolecular Hbond substituents is 1. The molecule has 13 heteroatoms. The standard InChI is InChI=1S/C27H38O13/c1-4-26(3,34)11-5-6-15(2)23(33)36-13-27(35)14-37-25(22(27)32)40-21-20(31)19(30)18(12-28)39-24(21)38-17-9-7-16(29)8-10-17/h4,6-10,18-22,24-25,28-32,34-35H,1,5,11-14H2,2-3H3/b15-6+/t18-,19-,20+,21-,22+,24-,25+,26?,27-/m1/s1. The molecule has 7 N–H and O–H groups in total. The lowest BCUT2D eigenvalue weighted by Gasteiger charge is -2.42. The van der Waals surface area contributed by atoms with E-state index < -0.39 is 80.1 Å². The minimum atomic E-state index is -2.06. The van der Waals surface area contributed by atoms with Gasteiger partial charge < -0.3 is 59.4 Å². The first-order valence-electron chi connectivity index (χ1n) is 12.8. The van der Waals surface area contributed by atoms with Crippen molar-refractivity contribution in [2.75, 3.05) is 19.8 Å². The smallest absolute Gasteiger partial charge is 0.333 e. The Balaban J connectivity index is 1.63. The monoisotopic (exact) mass is 570 g/mol. The molecule has 2 aliphatic heterocycles. The van der Waals surface area contributed by atoms with E-state index in [4.69, 9.17) is 23.7 Å². The third kappa shape index (κ3) is 7.78. The van der Waals surface area contributed by atoms with Crippen LogP contribution in [0.5, 0.6) is 11.5 Å². The average Bonchev–Trinajstić information content (AvgIpc) is 3.21. The van der Waals surface area contributed by atoms with Gasteiger partial charge in [0.1, 0.15) is 42.5 Å². The summed E-state index contributed by atoms with van der Waals surface area (Å²) in [5.74, 6) is -0.577. The van der Waals surface area contributed by atoms with E-state index in [2.05, 4.69) is 6.58 Å². The van der Waals surface area contributed by atoms with E-state index in [1.54, 1.807) is 13.0 Å². The van der Waals surface area contributed by atoms with Crippen LogP contribution in [0.2, 0.25) is 0 Å². The summed E-state index contributed by atoms with van der Waals surface area (Å²) in [6.07, 6.45) is -6.96. The van der Waals surface area contributed by atoms with Gasteiger partial charge >= 0.3 is 5.97 Å². The van der Waals surface area contributed by atoms with Crippen molar-refractivity contribution in [1.29, 1.82) is 0 Å². The minimum absolute atomic E-state index is 0.0256. The third-order valence-electron chi connectivity index (χ3n) is 6.83. The first-order chi connectivity index (χ1) is 18.8. The fourth-order valence-electron chi connectivity index (χ4n) is 4.08. The number of esters is 1. The Labute approximate surface area is 231 Å². The van der Waals surface area contributed by atoms with Crippen LogP contribution in [0.25, 0.3) is 0 Å². The first-order valence-corrected chi connectivity index (χ1v) is 12.8. The molecule has 3 rings (SSSR count). The molecule has 9 atom stereocenters. The number of hydrogen-bond donors (Lipinski definition) is 7. The highest BCUT2D eigenvalue weighted by Crippen LogP contribution is 2.32. The van der Waals surface area contributed by atoms with Gasteiger partial charge in [-0.25, -0.2) is 4.79 Å². The Hall–Kier alpha value is -2.59. The summed E-state index contributed by atoms with van der Waals surface area (Å²) in [6, 6.07) is 5.51. The first kappa shape index (κ1) is 31.9. The number of allylic oxidation sites excluding steroid dienone is 1. The zero-order valence-electron chi connectivity index (χ0n) is 22.3. The summed E-state index contributed by atoms with van der Waals surface area (Å²) in [7, 11) is 0. The van der Waals surface area contributed by atoms with Crippen molar-refractivity contribution in [3.05, 3.63) is 48.6 Å². The Morgan fingerprint density at radius 2 is 1.88 bits per heavy atom. The van der Waals surface area contributed by atoms with E-state index in [9.17, 15) is 40.5 Å². The average molecular weight is 571 g/mol. The molecule has 224 valence electrons. The third-order valence-corrected chi connectivity index (χ3v) is 6.83. The summed E-state index contributed by atoms with van der Waals surface area (Å²) < 4.78 is 27.5. The second kappa shape index (κ2) is 13.4. The van der Waals surface area contributed by atoms with Gasteiger partial charge in [0.2, 0.25) is 6.29 Å². The molecule has 13 nitrogen and oxygen atoms in total. The van der Waals surface area contributed by atoms with Gasteiger partial charge in [-0.3, -0.25) is 0 Å². The lowest BCUT2D eigenvalue weighted by atomic mass is 9.98. The number of aromatic hydroxyl groups is 1. The zero-order valence-corrected chi connectivity index (χ0v) is 22.3. The molecule has 0 bridgehead atoms. The van der Waals surface area contributed by atoms with Gasteiger partial charge in [0.25, 0.3) is 0 Å². The number of benzene rings is 1. The van der Waals surface area contributed by atoms with Crippen LogP contribution in [0.15, 0.2) is 48.6 Å². The summed E-state index contributed by atoms with van der Waals surface area (Å²) >= 11 is 0. The number of ether oxygens (including phenoxy) is 5. The molecule has 0 radical (unpaired) electrons. The predicted octanol–water partition coefficient (Wildman–Crippen LogP) is -0.750. The van der Waals surface area contributed by atoms with E-state index in [-0.39, 0.29) is 17.1 Å². The summed E-state index contributed by atoms with van der Waals surface area (Å²) in [5.41, 5.74) is -2.92. The van der Waals surface area contributed by atoms with Crippen molar-refractivity contribution < 1.29 is 64.2 Å². The molecule has 1 unspecified atom stereocenters. The molecular weight excluding hydrogens is 532 g/mol. The van der Waals surface area contributed by atoms with Gasteiger partial charge in [0.15, 0.2) is 18.0 Å². The Bertz CT molecular complexity index is 1030. The maximum atomic E-state index is 12.4. The van der Waals surface area contributed by atoms with Gasteiger partial charge in [-0.05, 0) is 51.0 Å². The zero-order chi connectivity index (χ0) is 29.7. The van der Waals surface area contributed by atoms with Crippen LogP contribution >= 0.6 is 0 Å². The minimum Gasteiger partial charge on any atom is -0.508 e. The van der Waals surface area contributed by atoms with E-state index in [0.29, 0.717) is 12.8 Å². The molecule has 0 saturated carbocycles. The van der Waals surface area contributed by atoms with Crippen molar-refractivity contribution in [1.82, 2.24) is 0 Å². The van der Waals surface area contributed by atoms with E-state index in [1.165, 1.54) is 37.3 Å². The van der Waals surface area contributed by atoms with Crippen molar-refractivity contribution in [3.8, 4) is 11.5 Å². The van der Waals surface area contributed by atoms with E-state index in [1.807, 2.05) is 0 Å². The molecule has 0 spiro atoms. The molecule has 2 fully saturated rings. The maximum absolute atomic E-state index is 12.4. The van der Waals surface area contributed by atoms with Crippen LogP contribution < -0.4 is 4.74 Å². The van der Waals surface area contributed by atoms with Crippen LogP contribution in [0.3, 0.4) is 0 Å². The maximum Gasteiger partial charge on any atom is 0.333 e. The fourth-order valence-corrected chi connectivity index (χ4v) is 4.08. The van der Waals surface area contributed by atoms with Gasteiger partial charge in [-0.2, -0.15) is 0 Å². The van der Waals surface area contributed by atoms with Gasteiger partial charge in [-0.15, -0.1) is 6.58 Å². The van der Waals surface area contributed by atoms with Crippen LogP contribution in [-0.2, 0) is 23.7 Å². The lowest BCUT2D eigenvalue weighted by molar-refractivity contribution is -0.318. The molecule has 0 aliphatic carbocycles. The van der Waals surface area contributed by atoms with E-state index >= 15 is 0 Å². The van der Waals surface area contributed by atoms with Gasteiger partial charge in [-0.1, -0.05) is 12.2 Å². The van der Waals surface area contributed by atoms with Crippen LogP contribution in [0, 0.1) is 0 Å². The van der Waals surface area contributed by atoms with Crippen molar-refractivity contribution in [3.63, 3.8) is 0 Å². The normalized spacial score (nSPS) is 34.2. The Kier molecular flexibility index (Phi) is 10.7. The van der Waals surface area contributed by atoms with Crippen LogP contribution in [0.1, 0.15) is 26.7 Å². The topological polar surface area (TPSA) is 205 Å². The Morgan fingerprint density at radius 3 is 2.50 bits per heavy atom. The number of carbonyl (C=O) groups excluding carboxylic acids is 1. The lowest BCUT2D eigenvalue weighted by Crippen LogP contribution is -2.62.